The molecule has 0 radical (unpaired) electrons. The first-order chi connectivity index (χ1) is 18.5. The van der Waals surface area contributed by atoms with E-state index in [1.54, 1.807) is 30.3 Å². The molecule has 1 atom stereocenters. The number of imide groups is 1. The molecule has 0 saturated carbocycles. The molecule has 7 nitrogen and oxygen atoms in total. The van der Waals surface area contributed by atoms with E-state index in [-0.39, 0.29) is 18.7 Å². The average Bonchev–Trinajstić information content (AvgIpc) is 3.27. The number of amides is 2. The predicted molar refractivity (Wildman–Crippen MR) is 137 cm³/mol. The number of ether oxygens (including phenoxy) is 3. The van der Waals surface area contributed by atoms with Gasteiger partial charge in [-0.15, -0.1) is 13.2 Å². The number of fused-ring (bicyclic) bond motifs is 1. The fourth-order valence-corrected chi connectivity index (χ4v) is 4.64. The molecule has 11 heteroatoms. The van der Waals surface area contributed by atoms with Crippen LogP contribution in [0.15, 0.2) is 66.7 Å². The minimum absolute atomic E-state index is 0.197. The number of aromatic nitrogens is 1. The van der Waals surface area contributed by atoms with Crippen molar-refractivity contribution in [2.45, 2.75) is 32.4 Å². The SMILES string of the molecule is Cc1c(Oc2ccc(Cl)cc2)c2ccc(OC(F)(F)F)cc2n1Cc1cccc(CC2OC(=O)N(C)C2=O)c1. The van der Waals surface area contributed by atoms with Crippen LogP contribution in [-0.2, 0) is 22.5 Å². The van der Waals surface area contributed by atoms with Gasteiger partial charge in [-0.05, 0) is 54.4 Å². The number of hydrogen-bond donors (Lipinski definition) is 0. The van der Waals surface area contributed by atoms with Gasteiger partial charge in [-0.1, -0.05) is 35.9 Å². The first-order valence-corrected chi connectivity index (χ1v) is 12.2. The van der Waals surface area contributed by atoms with Crippen molar-refractivity contribution in [3.8, 4) is 17.2 Å². The summed E-state index contributed by atoms with van der Waals surface area (Å²) >= 11 is 5.98. The Balaban J connectivity index is 1.50. The van der Waals surface area contributed by atoms with Gasteiger partial charge in [0.15, 0.2) is 11.9 Å². The number of cyclic esters (lactones) is 1. The second-order valence-corrected chi connectivity index (χ2v) is 9.51. The van der Waals surface area contributed by atoms with Crippen molar-refractivity contribution in [3.05, 3.63) is 88.6 Å². The maximum Gasteiger partial charge on any atom is 0.573 e. The van der Waals surface area contributed by atoms with E-state index in [4.69, 9.17) is 21.1 Å². The third-order valence-corrected chi connectivity index (χ3v) is 6.63. The van der Waals surface area contributed by atoms with Crippen molar-refractivity contribution < 1.29 is 37.0 Å². The van der Waals surface area contributed by atoms with Crippen LogP contribution in [0, 0.1) is 6.92 Å². The average molecular weight is 559 g/mol. The highest BCUT2D eigenvalue weighted by Crippen LogP contribution is 2.39. The number of carbonyl (C=O) groups excluding carboxylic acids is 2. The van der Waals surface area contributed by atoms with Crippen molar-refractivity contribution >= 4 is 34.5 Å². The van der Waals surface area contributed by atoms with Crippen LogP contribution in [0.4, 0.5) is 18.0 Å². The zero-order valence-corrected chi connectivity index (χ0v) is 21.5. The third kappa shape index (κ3) is 5.65. The number of likely N-dealkylation sites (N-methyl/N-ethyl adjacent to an activating group) is 1. The molecule has 0 N–H and O–H groups in total. The van der Waals surface area contributed by atoms with Crippen molar-refractivity contribution in [1.82, 2.24) is 9.47 Å². The lowest BCUT2D eigenvalue weighted by Gasteiger charge is -2.13. The summed E-state index contributed by atoms with van der Waals surface area (Å²) in [6, 6.07) is 18.2. The fraction of sp³-hybridized carbons (Fsp3) is 0.214. The third-order valence-electron chi connectivity index (χ3n) is 6.38. The Hall–Kier alpha value is -4.18. The topological polar surface area (TPSA) is 70.0 Å². The van der Waals surface area contributed by atoms with Crippen LogP contribution in [-0.4, -0.2) is 41.0 Å². The number of alkyl halides is 3. The second-order valence-electron chi connectivity index (χ2n) is 9.08. The fourth-order valence-electron chi connectivity index (χ4n) is 4.51. The van der Waals surface area contributed by atoms with Crippen LogP contribution in [0.2, 0.25) is 5.02 Å². The Kier molecular flexibility index (Phi) is 6.90. The minimum atomic E-state index is -4.84. The largest absolute Gasteiger partial charge is 0.573 e. The molecule has 0 spiro atoms. The smallest absolute Gasteiger partial charge is 0.455 e. The molecule has 1 unspecified atom stereocenters. The van der Waals surface area contributed by atoms with Crippen molar-refractivity contribution in [1.29, 1.82) is 0 Å². The second kappa shape index (κ2) is 10.2. The van der Waals surface area contributed by atoms with E-state index in [0.29, 0.717) is 33.1 Å². The van der Waals surface area contributed by atoms with Crippen molar-refractivity contribution in [2.24, 2.45) is 0 Å². The van der Waals surface area contributed by atoms with Crippen LogP contribution in [0.25, 0.3) is 10.9 Å². The summed E-state index contributed by atoms with van der Waals surface area (Å²) in [7, 11) is 1.36. The molecule has 1 aromatic heterocycles. The number of benzene rings is 3. The van der Waals surface area contributed by atoms with Crippen molar-refractivity contribution in [3.63, 3.8) is 0 Å². The molecule has 1 aliphatic rings. The highest BCUT2D eigenvalue weighted by molar-refractivity contribution is 6.30. The summed E-state index contributed by atoms with van der Waals surface area (Å²) in [4.78, 5) is 24.9. The van der Waals surface area contributed by atoms with Crippen LogP contribution >= 0.6 is 11.6 Å². The summed E-state index contributed by atoms with van der Waals surface area (Å²) in [5.74, 6) is 0.221. The summed E-state index contributed by atoms with van der Waals surface area (Å²) in [6.07, 6.45) is -6.25. The van der Waals surface area contributed by atoms with E-state index < -0.39 is 24.5 Å². The van der Waals surface area contributed by atoms with Gasteiger partial charge in [0.2, 0.25) is 0 Å². The molecule has 0 aliphatic carbocycles. The summed E-state index contributed by atoms with van der Waals surface area (Å²) in [6.45, 7) is 2.10. The highest BCUT2D eigenvalue weighted by atomic mass is 35.5. The number of hydrogen-bond acceptors (Lipinski definition) is 5. The van der Waals surface area contributed by atoms with E-state index in [9.17, 15) is 22.8 Å². The molecule has 4 aromatic rings. The van der Waals surface area contributed by atoms with Gasteiger partial charge in [-0.3, -0.25) is 4.79 Å². The Morgan fingerprint density at radius 1 is 0.974 bits per heavy atom. The lowest BCUT2D eigenvalue weighted by molar-refractivity contribution is -0.274. The van der Waals surface area contributed by atoms with E-state index in [2.05, 4.69) is 4.74 Å². The molecular formula is C28H22ClF3N2O5. The number of carbonyl (C=O) groups is 2. The Labute approximate surface area is 226 Å². The van der Waals surface area contributed by atoms with Gasteiger partial charge >= 0.3 is 12.5 Å². The van der Waals surface area contributed by atoms with Crippen LogP contribution < -0.4 is 9.47 Å². The van der Waals surface area contributed by atoms with Gasteiger partial charge in [0, 0.05) is 36.5 Å². The van der Waals surface area contributed by atoms with E-state index in [0.717, 1.165) is 16.0 Å². The van der Waals surface area contributed by atoms with Gasteiger partial charge in [0.05, 0.1) is 11.2 Å². The Morgan fingerprint density at radius 2 is 1.67 bits per heavy atom. The number of rotatable bonds is 7. The summed E-state index contributed by atoms with van der Waals surface area (Å²) < 4.78 is 56.2. The maximum atomic E-state index is 13.0. The zero-order chi connectivity index (χ0) is 27.9. The molecule has 2 amide bonds. The van der Waals surface area contributed by atoms with E-state index in [1.165, 1.54) is 25.2 Å². The van der Waals surface area contributed by atoms with Crippen LogP contribution in [0.3, 0.4) is 0 Å². The Bertz CT molecular complexity index is 1570. The molecule has 202 valence electrons. The molecule has 39 heavy (non-hydrogen) atoms. The van der Waals surface area contributed by atoms with Gasteiger partial charge in [0.25, 0.3) is 5.91 Å². The molecule has 0 bridgehead atoms. The van der Waals surface area contributed by atoms with Crippen LogP contribution in [0.5, 0.6) is 17.2 Å². The lowest BCUT2D eigenvalue weighted by atomic mass is 10.0. The van der Waals surface area contributed by atoms with Crippen LogP contribution in [0.1, 0.15) is 16.8 Å². The normalized spacial score (nSPS) is 15.6. The molecule has 1 aliphatic heterocycles. The Morgan fingerprint density at radius 3 is 2.33 bits per heavy atom. The number of nitrogens with zero attached hydrogens (tertiary/aromatic N) is 2. The molecular weight excluding hydrogens is 537 g/mol. The highest BCUT2D eigenvalue weighted by Gasteiger charge is 2.38. The summed E-state index contributed by atoms with van der Waals surface area (Å²) in [5, 5.41) is 1.13. The molecule has 5 rings (SSSR count). The van der Waals surface area contributed by atoms with Gasteiger partial charge in [0.1, 0.15) is 11.5 Å². The quantitative estimate of drug-likeness (QED) is 0.248. The van der Waals surface area contributed by atoms with E-state index in [1.807, 2.05) is 29.7 Å². The monoisotopic (exact) mass is 558 g/mol. The predicted octanol–water partition coefficient (Wildman–Crippen LogP) is 6.86. The molecule has 1 fully saturated rings. The first kappa shape index (κ1) is 26.4. The van der Waals surface area contributed by atoms with Gasteiger partial charge in [-0.25, -0.2) is 9.69 Å². The maximum absolute atomic E-state index is 13.0. The molecule has 2 heterocycles. The first-order valence-electron chi connectivity index (χ1n) is 11.9. The van der Waals surface area contributed by atoms with Crippen molar-refractivity contribution in [2.75, 3.05) is 7.05 Å². The molecule has 3 aromatic carbocycles. The number of halogens is 4. The van der Waals surface area contributed by atoms with Gasteiger partial charge in [-0.2, -0.15) is 0 Å². The van der Waals surface area contributed by atoms with Gasteiger partial charge < -0.3 is 18.8 Å². The molecule has 1 saturated heterocycles. The minimum Gasteiger partial charge on any atom is -0.455 e. The lowest BCUT2D eigenvalue weighted by Crippen LogP contribution is -2.28. The standard InChI is InChI=1S/C28H22ClF3N2O5/c1-16-25(37-20-8-6-19(29)7-9-20)22-11-10-21(39-28(30,31)32)14-23(22)34(16)15-18-5-3-4-17(12-18)13-24-26(35)33(2)27(36)38-24/h3-12,14,24H,13,15H2,1-2H3. The summed E-state index contributed by atoms with van der Waals surface area (Å²) in [5.41, 5.74) is 2.74. The zero-order valence-electron chi connectivity index (χ0n) is 20.8. The van der Waals surface area contributed by atoms with E-state index >= 15 is 0 Å².